The maximum atomic E-state index is 9.50. The van der Waals surface area contributed by atoms with Crippen LogP contribution in [0, 0.1) is 0 Å². The third kappa shape index (κ3) is 2.72. The van der Waals surface area contributed by atoms with Gasteiger partial charge in [-0.3, -0.25) is 0 Å². The number of aromatic nitrogens is 1. The van der Waals surface area contributed by atoms with Gasteiger partial charge < -0.3 is 14.9 Å². The van der Waals surface area contributed by atoms with Gasteiger partial charge in [0.05, 0.1) is 18.7 Å². The van der Waals surface area contributed by atoms with Gasteiger partial charge in [-0.05, 0) is 17.7 Å². The summed E-state index contributed by atoms with van der Waals surface area (Å²) in [5.74, 6) is 0.963. The molecule has 0 atom stereocenters. The monoisotopic (exact) mass is 281 g/mol. The van der Waals surface area contributed by atoms with Crippen molar-refractivity contribution in [2.75, 3.05) is 0 Å². The van der Waals surface area contributed by atoms with Gasteiger partial charge in [-0.1, -0.05) is 36.4 Å². The summed E-state index contributed by atoms with van der Waals surface area (Å²) in [6, 6.07) is 16.6. The molecule has 0 aliphatic carbocycles. The van der Waals surface area contributed by atoms with Gasteiger partial charge in [-0.15, -0.1) is 0 Å². The minimum absolute atomic E-state index is 0.0823. The summed E-state index contributed by atoms with van der Waals surface area (Å²) < 4.78 is 5.77. The van der Waals surface area contributed by atoms with Crippen LogP contribution in [0.4, 0.5) is 0 Å². The lowest BCUT2D eigenvalue weighted by Crippen LogP contribution is -1.96. The number of hydrogen-bond acceptors (Lipinski definition) is 4. The molecule has 0 bridgehead atoms. The van der Waals surface area contributed by atoms with E-state index in [1.54, 1.807) is 18.2 Å². The molecule has 0 unspecified atom stereocenters. The van der Waals surface area contributed by atoms with E-state index >= 15 is 0 Å². The average Bonchev–Trinajstić information content (AvgIpc) is 2.54. The summed E-state index contributed by atoms with van der Waals surface area (Å²) in [5.41, 5.74) is 2.22. The summed E-state index contributed by atoms with van der Waals surface area (Å²) in [5, 5.41) is 19.7. The van der Waals surface area contributed by atoms with Gasteiger partial charge in [0.25, 0.3) is 0 Å². The van der Waals surface area contributed by atoms with Crippen LogP contribution in [0.25, 0.3) is 10.9 Å². The number of fused-ring (bicyclic) bond motifs is 1. The largest absolute Gasteiger partial charge is 0.439 e. The summed E-state index contributed by atoms with van der Waals surface area (Å²) in [4.78, 5) is 4.44. The molecule has 4 nitrogen and oxygen atoms in total. The Hall–Kier alpha value is -2.43. The second kappa shape index (κ2) is 5.91. The molecule has 0 fully saturated rings. The number of para-hydroxylation sites is 2. The molecular weight excluding hydrogens is 266 g/mol. The highest BCUT2D eigenvalue weighted by atomic mass is 16.5. The van der Waals surface area contributed by atoms with Crippen LogP contribution in [0.3, 0.4) is 0 Å². The number of benzene rings is 2. The van der Waals surface area contributed by atoms with E-state index in [-0.39, 0.29) is 13.2 Å². The number of pyridine rings is 1. The van der Waals surface area contributed by atoms with Crippen molar-refractivity contribution in [3.8, 4) is 11.6 Å². The average molecular weight is 281 g/mol. The molecule has 3 aromatic rings. The quantitative estimate of drug-likeness (QED) is 0.771. The number of aliphatic hydroxyl groups excluding tert-OH is 2. The molecule has 4 heteroatoms. The second-order valence-corrected chi connectivity index (χ2v) is 4.66. The Balaban J connectivity index is 2.05. The number of rotatable bonds is 4. The number of hydrogen-bond donors (Lipinski definition) is 2. The summed E-state index contributed by atoms with van der Waals surface area (Å²) in [6.45, 7) is -0.183. The zero-order valence-electron chi connectivity index (χ0n) is 11.4. The summed E-state index contributed by atoms with van der Waals surface area (Å²) in [6.07, 6.45) is 0. The molecule has 0 radical (unpaired) electrons. The van der Waals surface area contributed by atoms with Crippen molar-refractivity contribution >= 4 is 10.9 Å². The highest BCUT2D eigenvalue weighted by Crippen LogP contribution is 2.28. The molecule has 0 spiro atoms. The molecule has 1 heterocycles. The highest BCUT2D eigenvalue weighted by molar-refractivity contribution is 5.82. The first-order valence-electron chi connectivity index (χ1n) is 6.68. The van der Waals surface area contributed by atoms with Crippen molar-refractivity contribution < 1.29 is 14.9 Å². The minimum atomic E-state index is -0.101. The molecule has 0 saturated carbocycles. The maximum absolute atomic E-state index is 9.50. The van der Waals surface area contributed by atoms with Gasteiger partial charge in [0.1, 0.15) is 5.75 Å². The third-order valence-corrected chi connectivity index (χ3v) is 3.31. The van der Waals surface area contributed by atoms with Crippen molar-refractivity contribution in [1.82, 2.24) is 4.98 Å². The van der Waals surface area contributed by atoms with Gasteiger partial charge >= 0.3 is 0 Å². The van der Waals surface area contributed by atoms with Crippen LogP contribution in [-0.2, 0) is 13.2 Å². The van der Waals surface area contributed by atoms with Crippen LogP contribution in [0.1, 0.15) is 11.1 Å². The fourth-order valence-electron chi connectivity index (χ4n) is 2.25. The topological polar surface area (TPSA) is 62.6 Å². The second-order valence-electron chi connectivity index (χ2n) is 4.66. The molecule has 1 aromatic heterocycles. The first-order chi connectivity index (χ1) is 10.3. The fourth-order valence-corrected chi connectivity index (χ4v) is 2.25. The third-order valence-electron chi connectivity index (χ3n) is 3.31. The molecule has 2 aromatic carbocycles. The van der Waals surface area contributed by atoms with Crippen molar-refractivity contribution in [3.05, 3.63) is 65.7 Å². The molecule has 2 N–H and O–H groups in total. The van der Waals surface area contributed by atoms with E-state index < -0.39 is 0 Å². The number of ether oxygens (including phenoxy) is 1. The maximum Gasteiger partial charge on any atom is 0.220 e. The first-order valence-corrected chi connectivity index (χ1v) is 6.68. The Bertz CT molecular complexity index is 771. The van der Waals surface area contributed by atoms with E-state index in [4.69, 9.17) is 4.74 Å². The van der Waals surface area contributed by atoms with Crippen molar-refractivity contribution in [2.45, 2.75) is 13.2 Å². The van der Waals surface area contributed by atoms with Crippen LogP contribution in [0.15, 0.2) is 54.6 Å². The highest BCUT2D eigenvalue weighted by Gasteiger charge is 2.08. The van der Waals surface area contributed by atoms with E-state index in [9.17, 15) is 10.2 Å². The standard InChI is InChI=1S/C17H15NO3/c19-10-12-5-1-4-8-16(12)21-17-9-13(11-20)14-6-2-3-7-15(14)18-17/h1-9,19-20H,10-11H2. The summed E-state index contributed by atoms with van der Waals surface area (Å²) in [7, 11) is 0. The Kier molecular flexibility index (Phi) is 3.81. The lowest BCUT2D eigenvalue weighted by atomic mass is 10.1. The molecule has 0 saturated heterocycles. The van der Waals surface area contributed by atoms with Crippen LogP contribution in [0.5, 0.6) is 11.6 Å². The van der Waals surface area contributed by atoms with E-state index in [0.29, 0.717) is 17.2 Å². The van der Waals surface area contributed by atoms with Crippen molar-refractivity contribution in [2.24, 2.45) is 0 Å². The van der Waals surface area contributed by atoms with Crippen LogP contribution in [-0.4, -0.2) is 15.2 Å². The lowest BCUT2D eigenvalue weighted by Gasteiger charge is -2.11. The number of nitrogens with zero attached hydrogens (tertiary/aromatic N) is 1. The van der Waals surface area contributed by atoms with E-state index in [2.05, 4.69) is 4.98 Å². The molecule has 0 aliphatic heterocycles. The normalized spacial score (nSPS) is 10.8. The van der Waals surface area contributed by atoms with Crippen molar-refractivity contribution in [3.63, 3.8) is 0 Å². The van der Waals surface area contributed by atoms with Crippen molar-refractivity contribution in [1.29, 1.82) is 0 Å². The first kappa shape index (κ1) is 13.5. The predicted molar refractivity (Wildman–Crippen MR) is 80.1 cm³/mol. The van der Waals surface area contributed by atoms with E-state index in [1.165, 1.54) is 0 Å². The van der Waals surface area contributed by atoms with Gasteiger partial charge in [-0.25, -0.2) is 4.98 Å². The predicted octanol–water partition coefficient (Wildman–Crippen LogP) is 3.01. The summed E-state index contributed by atoms with van der Waals surface area (Å²) >= 11 is 0. The number of aliphatic hydroxyl groups is 2. The zero-order valence-corrected chi connectivity index (χ0v) is 11.4. The molecule has 0 aliphatic rings. The minimum Gasteiger partial charge on any atom is -0.439 e. The van der Waals surface area contributed by atoms with Gasteiger partial charge in [-0.2, -0.15) is 0 Å². The molecule has 0 amide bonds. The Labute approximate surface area is 122 Å². The lowest BCUT2D eigenvalue weighted by molar-refractivity contribution is 0.275. The van der Waals surface area contributed by atoms with Gasteiger partial charge in [0.15, 0.2) is 0 Å². The molecular formula is C17H15NO3. The van der Waals surface area contributed by atoms with Crippen LogP contribution < -0.4 is 4.74 Å². The van der Waals surface area contributed by atoms with E-state index in [0.717, 1.165) is 16.5 Å². The molecule has 21 heavy (non-hydrogen) atoms. The molecule has 106 valence electrons. The van der Waals surface area contributed by atoms with Gasteiger partial charge in [0.2, 0.25) is 5.88 Å². The molecule has 3 rings (SSSR count). The van der Waals surface area contributed by atoms with Gasteiger partial charge in [0, 0.05) is 17.0 Å². The van der Waals surface area contributed by atoms with Crippen LogP contribution >= 0.6 is 0 Å². The Morgan fingerprint density at radius 1 is 0.857 bits per heavy atom. The smallest absolute Gasteiger partial charge is 0.220 e. The SMILES string of the molecule is OCc1ccccc1Oc1cc(CO)c2ccccc2n1. The Morgan fingerprint density at radius 3 is 2.38 bits per heavy atom. The van der Waals surface area contributed by atoms with E-state index in [1.807, 2.05) is 36.4 Å². The van der Waals surface area contributed by atoms with Crippen LogP contribution in [0.2, 0.25) is 0 Å². The fraction of sp³-hybridized carbons (Fsp3) is 0.118. The zero-order chi connectivity index (χ0) is 14.7. The Morgan fingerprint density at radius 2 is 1.57 bits per heavy atom.